The van der Waals surface area contributed by atoms with Gasteiger partial charge in [0.25, 0.3) is 0 Å². The molecule has 0 saturated heterocycles. The summed E-state index contributed by atoms with van der Waals surface area (Å²) < 4.78 is 4.99. The van der Waals surface area contributed by atoms with Crippen LogP contribution in [0.25, 0.3) is 0 Å². The number of carbonyl (C=O) groups is 1. The molecule has 1 aromatic rings. The molecule has 0 amide bonds. The van der Waals surface area contributed by atoms with E-state index in [2.05, 4.69) is 15.9 Å². The average molecular weight is 245 g/mol. The van der Waals surface area contributed by atoms with Gasteiger partial charge in [0.15, 0.2) is 0 Å². The molecule has 0 spiro atoms. The summed E-state index contributed by atoms with van der Waals surface area (Å²) in [7, 11) is 1.55. The summed E-state index contributed by atoms with van der Waals surface area (Å²) in [4.78, 5) is 10.6. The Labute approximate surface area is 84.5 Å². The maximum Gasteiger partial charge on any atom is 0.335 e. The zero-order valence-corrected chi connectivity index (χ0v) is 8.61. The summed E-state index contributed by atoms with van der Waals surface area (Å²) in [6, 6.07) is 6.61. The van der Waals surface area contributed by atoms with Crippen molar-refractivity contribution in [2.24, 2.45) is 0 Å². The number of benzene rings is 1. The fourth-order valence-electron chi connectivity index (χ4n) is 0.949. The predicted octanol–water partition coefficient (Wildman–Crippen LogP) is 2.42. The fourth-order valence-corrected chi connectivity index (χ4v) is 1.23. The van der Waals surface area contributed by atoms with Gasteiger partial charge in [-0.15, -0.1) is 0 Å². The summed E-state index contributed by atoms with van der Waals surface area (Å²) in [5.41, 5.74) is 1.06. The number of hydrogen-bond acceptors (Lipinski definition) is 2. The van der Waals surface area contributed by atoms with Gasteiger partial charge in [-0.3, -0.25) is 0 Å². The van der Waals surface area contributed by atoms with Gasteiger partial charge in [-0.1, -0.05) is 28.1 Å². The van der Waals surface area contributed by atoms with Crippen molar-refractivity contribution in [2.45, 2.75) is 5.01 Å². The Balaban J connectivity index is 2.98. The minimum atomic E-state index is -0.933. The van der Waals surface area contributed by atoms with Gasteiger partial charge in [0.2, 0.25) is 0 Å². The lowest BCUT2D eigenvalue weighted by molar-refractivity contribution is 0.0696. The van der Waals surface area contributed by atoms with E-state index in [4.69, 9.17) is 9.84 Å². The average Bonchev–Trinajstić information content (AvgIpc) is 2.17. The van der Waals surface area contributed by atoms with Crippen LogP contribution >= 0.6 is 15.9 Å². The van der Waals surface area contributed by atoms with Crippen molar-refractivity contribution in [3.05, 3.63) is 35.4 Å². The Morgan fingerprint density at radius 1 is 1.62 bits per heavy atom. The van der Waals surface area contributed by atoms with Gasteiger partial charge in [0.1, 0.15) is 5.01 Å². The molecule has 3 nitrogen and oxygen atoms in total. The summed E-state index contributed by atoms with van der Waals surface area (Å²) in [5, 5.41) is 8.45. The van der Waals surface area contributed by atoms with Gasteiger partial charge < -0.3 is 9.84 Å². The molecule has 1 atom stereocenters. The zero-order chi connectivity index (χ0) is 9.84. The Hall–Kier alpha value is -0.870. The van der Waals surface area contributed by atoms with Crippen LogP contribution < -0.4 is 0 Å². The predicted molar refractivity (Wildman–Crippen MR) is 52.1 cm³/mol. The summed E-state index contributed by atoms with van der Waals surface area (Å²) in [6.45, 7) is 0. The number of carboxylic acid groups (broad SMARTS) is 1. The second-order valence-electron chi connectivity index (χ2n) is 2.48. The fraction of sp³-hybridized carbons (Fsp3) is 0.222. The van der Waals surface area contributed by atoms with Crippen molar-refractivity contribution in [2.75, 3.05) is 7.11 Å². The Kier molecular flexibility index (Phi) is 3.45. The lowest BCUT2D eigenvalue weighted by Gasteiger charge is -2.07. The van der Waals surface area contributed by atoms with E-state index < -0.39 is 5.97 Å². The van der Waals surface area contributed by atoms with E-state index in [1.807, 2.05) is 0 Å². The molecule has 1 unspecified atom stereocenters. The molecule has 0 heterocycles. The van der Waals surface area contributed by atoms with Gasteiger partial charge in [-0.05, 0) is 17.7 Å². The summed E-state index contributed by atoms with van der Waals surface area (Å²) in [5.74, 6) is -0.933. The van der Waals surface area contributed by atoms with E-state index >= 15 is 0 Å². The topological polar surface area (TPSA) is 46.5 Å². The number of ether oxygens (including phenoxy) is 1. The SMILES string of the molecule is COC(Br)c1cccc(C(=O)O)c1. The molecule has 0 bridgehead atoms. The lowest BCUT2D eigenvalue weighted by Crippen LogP contribution is -1.99. The Morgan fingerprint density at radius 2 is 2.31 bits per heavy atom. The highest BCUT2D eigenvalue weighted by Crippen LogP contribution is 2.23. The molecule has 0 radical (unpaired) electrons. The molecule has 0 fully saturated rings. The van der Waals surface area contributed by atoms with E-state index in [0.29, 0.717) is 0 Å². The molecule has 0 aliphatic carbocycles. The third-order valence-corrected chi connectivity index (χ3v) is 2.51. The van der Waals surface area contributed by atoms with E-state index in [1.54, 1.807) is 31.4 Å². The van der Waals surface area contributed by atoms with Crippen molar-refractivity contribution in [3.8, 4) is 0 Å². The van der Waals surface area contributed by atoms with E-state index in [0.717, 1.165) is 5.56 Å². The van der Waals surface area contributed by atoms with Crippen LogP contribution in [0.2, 0.25) is 0 Å². The number of halogens is 1. The summed E-state index contributed by atoms with van der Waals surface area (Å²) in [6.07, 6.45) is 0. The minimum absolute atomic E-state index is 0.258. The molecule has 0 aliphatic rings. The Bertz CT molecular complexity index is 311. The normalized spacial score (nSPS) is 12.5. The maximum absolute atomic E-state index is 10.6. The number of rotatable bonds is 3. The van der Waals surface area contributed by atoms with Crippen molar-refractivity contribution < 1.29 is 14.6 Å². The highest BCUT2D eigenvalue weighted by molar-refractivity contribution is 9.09. The first-order valence-corrected chi connectivity index (χ1v) is 4.57. The third-order valence-electron chi connectivity index (χ3n) is 1.60. The molecule has 1 N–H and O–H groups in total. The van der Waals surface area contributed by atoms with Crippen LogP contribution in [0.5, 0.6) is 0 Å². The number of aromatic carboxylic acids is 1. The molecule has 70 valence electrons. The van der Waals surface area contributed by atoms with Gasteiger partial charge >= 0.3 is 5.97 Å². The zero-order valence-electron chi connectivity index (χ0n) is 7.03. The molecule has 13 heavy (non-hydrogen) atoms. The first-order chi connectivity index (χ1) is 6.15. The van der Waals surface area contributed by atoms with Gasteiger partial charge in [-0.2, -0.15) is 0 Å². The molecular weight excluding hydrogens is 236 g/mol. The molecular formula is C9H9BrO3. The monoisotopic (exact) mass is 244 g/mol. The number of carboxylic acids is 1. The van der Waals surface area contributed by atoms with Crippen LogP contribution in [0.4, 0.5) is 0 Å². The molecule has 0 aliphatic heterocycles. The number of methoxy groups -OCH3 is 1. The van der Waals surface area contributed by atoms with Crippen molar-refractivity contribution in [1.82, 2.24) is 0 Å². The first kappa shape index (κ1) is 10.2. The molecule has 4 heteroatoms. The van der Waals surface area contributed by atoms with Crippen LogP contribution in [0, 0.1) is 0 Å². The van der Waals surface area contributed by atoms with E-state index in [9.17, 15) is 4.79 Å². The van der Waals surface area contributed by atoms with Crippen LogP contribution in [-0.2, 0) is 4.74 Å². The standard InChI is InChI=1S/C9H9BrO3/c1-13-8(10)6-3-2-4-7(5-6)9(11)12/h2-5,8H,1H3,(H,11,12). The van der Waals surface area contributed by atoms with Crippen molar-refractivity contribution in [3.63, 3.8) is 0 Å². The van der Waals surface area contributed by atoms with Crippen LogP contribution in [0.1, 0.15) is 20.9 Å². The smallest absolute Gasteiger partial charge is 0.335 e. The third kappa shape index (κ3) is 2.54. The van der Waals surface area contributed by atoms with Crippen LogP contribution in [0.3, 0.4) is 0 Å². The molecule has 1 aromatic carbocycles. The van der Waals surface area contributed by atoms with Gasteiger partial charge in [0.05, 0.1) is 5.56 Å². The van der Waals surface area contributed by atoms with Crippen LogP contribution in [0.15, 0.2) is 24.3 Å². The van der Waals surface area contributed by atoms with Gasteiger partial charge in [0, 0.05) is 7.11 Å². The van der Waals surface area contributed by atoms with Crippen LogP contribution in [-0.4, -0.2) is 18.2 Å². The van der Waals surface area contributed by atoms with Gasteiger partial charge in [-0.25, -0.2) is 4.79 Å². The molecule has 0 aromatic heterocycles. The highest BCUT2D eigenvalue weighted by Gasteiger charge is 2.08. The second-order valence-corrected chi connectivity index (χ2v) is 3.31. The minimum Gasteiger partial charge on any atom is -0.478 e. The summed E-state index contributed by atoms with van der Waals surface area (Å²) >= 11 is 3.25. The van der Waals surface area contributed by atoms with E-state index in [1.165, 1.54) is 0 Å². The number of hydrogen-bond donors (Lipinski definition) is 1. The van der Waals surface area contributed by atoms with Crippen molar-refractivity contribution in [1.29, 1.82) is 0 Å². The molecule has 0 saturated carbocycles. The highest BCUT2D eigenvalue weighted by atomic mass is 79.9. The quantitative estimate of drug-likeness (QED) is 0.832. The maximum atomic E-state index is 10.6. The largest absolute Gasteiger partial charge is 0.478 e. The lowest BCUT2D eigenvalue weighted by atomic mass is 10.1. The number of alkyl halides is 1. The Morgan fingerprint density at radius 3 is 2.85 bits per heavy atom. The molecule has 1 rings (SSSR count). The second kappa shape index (κ2) is 4.39. The van der Waals surface area contributed by atoms with Crippen molar-refractivity contribution >= 4 is 21.9 Å². The first-order valence-electron chi connectivity index (χ1n) is 3.65. The van der Waals surface area contributed by atoms with E-state index in [-0.39, 0.29) is 10.6 Å².